The normalized spacial score (nSPS) is 19.8. The second kappa shape index (κ2) is 7.32. The third-order valence-electron chi connectivity index (χ3n) is 5.41. The SMILES string of the molecule is COc1cnccc1N1CCN(C(=O)C2CCCc3cccnc32)CC1. The lowest BCUT2D eigenvalue weighted by atomic mass is 9.85. The molecule has 1 aliphatic carbocycles. The van der Waals surface area contributed by atoms with Crippen LogP contribution >= 0.6 is 0 Å². The van der Waals surface area contributed by atoms with Crippen molar-refractivity contribution in [2.45, 2.75) is 25.2 Å². The zero-order valence-corrected chi connectivity index (χ0v) is 15.1. The van der Waals surface area contributed by atoms with Crippen LogP contribution in [0.2, 0.25) is 0 Å². The van der Waals surface area contributed by atoms with Crippen LogP contribution in [0.25, 0.3) is 0 Å². The first-order valence-electron chi connectivity index (χ1n) is 9.23. The summed E-state index contributed by atoms with van der Waals surface area (Å²) in [7, 11) is 1.66. The molecule has 2 aromatic heterocycles. The number of fused-ring (bicyclic) bond motifs is 1. The Morgan fingerprint density at radius 1 is 1.19 bits per heavy atom. The largest absolute Gasteiger partial charge is 0.493 e. The molecule has 3 heterocycles. The number of amides is 1. The van der Waals surface area contributed by atoms with Crippen LogP contribution in [-0.2, 0) is 11.2 Å². The lowest BCUT2D eigenvalue weighted by Crippen LogP contribution is -2.50. The first-order chi connectivity index (χ1) is 12.8. The van der Waals surface area contributed by atoms with E-state index in [1.807, 2.05) is 17.0 Å². The van der Waals surface area contributed by atoms with Crippen LogP contribution in [0.3, 0.4) is 0 Å². The third kappa shape index (κ3) is 3.11. The topological polar surface area (TPSA) is 58.6 Å². The second-order valence-corrected chi connectivity index (χ2v) is 6.85. The number of aromatic nitrogens is 2. The molecular weight excluding hydrogens is 328 g/mol. The Morgan fingerprint density at radius 2 is 2.04 bits per heavy atom. The summed E-state index contributed by atoms with van der Waals surface area (Å²) in [4.78, 5) is 26.0. The number of carbonyl (C=O) groups excluding carboxylic acids is 1. The molecule has 6 heteroatoms. The lowest BCUT2D eigenvalue weighted by Gasteiger charge is -2.38. The zero-order chi connectivity index (χ0) is 17.9. The Balaban J connectivity index is 1.45. The van der Waals surface area contributed by atoms with Crippen molar-refractivity contribution in [1.29, 1.82) is 0 Å². The molecule has 1 unspecified atom stereocenters. The summed E-state index contributed by atoms with van der Waals surface area (Å²) >= 11 is 0. The molecule has 0 radical (unpaired) electrons. The highest BCUT2D eigenvalue weighted by molar-refractivity contribution is 5.84. The van der Waals surface area contributed by atoms with E-state index in [9.17, 15) is 4.79 Å². The number of carbonyl (C=O) groups is 1. The van der Waals surface area contributed by atoms with Crippen LogP contribution in [0.5, 0.6) is 5.75 Å². The molecule has 0 N–H and O–H groups in total. The molecule has 1 aliphatic heterocycles. The molecule has 1 atom stereocenters. The minimum absolute atomic E-state index is 0.0815. The molecule has 2 aliphatic rings. The maximum atomic E-state index is 13.1. The van der Waals surface area contributed by atoms with E-state index in [-0.39, 0.29) is 11.8 Å². The van der Waals surface area contributed by atoms with Crippen LogP contribution in [0.1, 0.15) is 30.0 Å². The van der Waals surface area contributed by atoms with Gasteiger partial charge in [0, 0.05) is 38.6 Å². The fourth-order valence-corrected chi connectivity index (χ4v) is 4.03. The molecule has 1 amide bonds. The van der Waals surface area contributed by atoms with Crippen molar-refractivity contribution < 1.29 is 9.53 Å². The van der Waals surface area contributed by atoms with E-state index >= 15 is 0 Å². The van der Waals surface area contributed by atoms with Gasteiger partial charge in [-0.25, -0.2) is 0 Å². The fraction of sp³-hybridized carbons (Fsp3) is 0.450. The van der Waals surface area contributed by atoms with Gasteiger partial charge in [-0.15, -0.1) is 0 Å². The van der Waals surface area contributed by atoms with Gasteiger partial charge in [-0.3, -0.25) is 14.8 Å². The quantitative estimate of drug-likeness (QED) is 0.848. The average Bonchev–Trinajstić information content (AvgIpc) is 2.73. The summed E-state index contributed by atoms with van der Waals surface area (Å²) in [6.45, 7) is 3.05. The molecule has 0 spiro atoms. The molecule has 0 aromatic carbocycles. The maximum Gasteiger partial charge on any atom is 0.231 e. The standard InChI is InChI=1S/C20H24N4O2/c1-26-18-14-21-9-7-17(18)23-10-12-24(13-11-23)20(25)16-6-2-4-15-5-3-8-22-19(15)16/h3,5,7-9,14,16H,2,4,6,10-13H2,1H3. The second-order valence-electron chi connectivity index (χ2n) is 6.85. The minimum Gasteiger partial charge on any atom is -0.493 e. The summed E-state index contributed by atoms with van der Waals surface area (Å²) in [6, 6.07) is 6.04. The summed E-state index contributed by atoms with van der Waals surface area (Å²) in [5, 5.41) is 0. The van der Waals surface area contributed by atoms with Crippen molar-refractivity contribution in [2.24, 2.45) is 0 Å². The Hall–Kier alpha value is -2.63. The Kier molecular flexibility index (Phi) is 4.73. The molecule has 1 saturated heterocycles. The van der Waals surface area contributed by atoms with Gasteiger partial charge >= 0.3 is 0 Å². The smallest absolute Gasteiger partial charge is 0.231 e. The number of piperazine rings is 1. The molecule has 136 valence electrons. The number of nitrogens with zero attached hydrogens (tertiary/aromatic N) is 4. The highest BCUT2D eigenvalue weighted by Crippen LogP contribution is 2.32. The van der Waals surface area contributed by atoms with Crippen molar-refractivity contribution in [2.75, 3.05) is 38.2 Å². The van der Waals surface area contributed by atoms with Gasteiger partial charge in [-0.2, -0.15) is 0 Å². The third-order valence-corrected chi connectivity index (χ3v) is 5.41. The van der Waals surface area contributed by atoms with Gasteiger partial charge in [-0.05, 0) is 37.0 Å². The molecule has 26 heavy (non-hydrogen) atoms. The molecule has 0 saturated carbocycles. The number of rotatable bonds is 3. The number of ether oxygens (including phenoxy) is 1. The average molecular weight is 352 g/mol. The van der Waals surface area contributed by atoms with Gasteiger partial charge in [0.15, 0.2) is 5.75 Å². The van der Waals surface area contributed by atoms with Gasteiger partial charge in [0.2, 0.25) is 5.91 Å². The van der Waals surface area contributed by atoms with E-state index in [1.54, 1.807) is 25.7 Å². The predicted molar refractivity (Wildman–Crippen MR) is 99.5 cm³/mol. The van der Waals surface area contributed by atoms with E-state index < -0.39 is 0 Å². The maximum absolute atomic E-state index is 13.1. The first kappa shape index (κ1) is 16.8. The number of hydrogen-bond donors (Lipinski definition) is 0. The number of anilines is 1. The van der Waals surface area contributed by atoms with Crippen molar-refractivity contribution in [3.05, 3.63) is 48.0 Å². The van der Waals surface area contributed by atoms with E-state index in [0.717, 1.165) is 62.6 Å². The van der Waals surface area contributed by atoms with Crippen molar-refractivity contribution in [3.63, 3.8) is 0 Å². The monoisotopic (exact) mass is 352 g/mol. The highest BCUT2D eigenvalue weighted by atomic mass is 16.5. The van der Waals surface area contributed by atoms with Gasteiger partial charge in [-0.1, -0.05) is 6.07 Å². The Morgan fingerprint density at radius 3 is 2.85 bits per heavy atom. The van der Waals surface area contributed by atoms with Crippen LogP contribution in [0.4, 0.5) is 5.69 Å². The van der Waals surface area contributed by atoms with Gasteiger partial charge in [0.25, 0.3) is 0 Å². The van der Waals surface area contributed by atoms with E-state index in [0.29, 0.717) is 0 Å². The summed E-state index contributed by atoms with van der Waals surface area (Å²) in [5.41, 5.74) is 3.26. The molecule has 2 aromatic rings. The van der Waals surface area contributed by atoms with Gasteiger partial charge < -0.3 is 14.5 Å². The number of pyridine rings is 2. The minimum atomic E-state index is -0.0815. The van der Waals surface area contributed by atoms with Crippen LogP contribution in [-0.4, -0.2) is 54.1 Å². The molecular formula is C20H24N4O2. The van der Waals surface area contributed by atoms with Gasteiger partial charge in [0.05, 0.1) is 30.6 Å². The molecule has 4 rings (SSSR count). The predicted octanol–water partition coefficient (Wildman–Crippen LogP) is 2.25. The fourth-order valence-electron chi connectivity index (χ4n) is 4.03. The summed E-state index contributed by atoms with van der Waals surface area (Å²) in [6.07, 6.45) is 8.31. The van der Waals surface area contributed by atoms with Crippen LogP contribution in [0, 0.1) is 0 Å². The van der Waals surface area contributed by atoms with Gasteiger partial charge in [0.1, 0.15) is 0 Å². The van der Waals surface area contributed by atoms with Crippen molar-refractivity contribution >= 4 is 11.6 Å². The summed E-state index contributed by atoms with van der Waals surface area (Å²) in [5.74, 6) is 0.922. The number of methoxy groups -OCH3 is 1. The number of hydrogen-bond acceptors (Lipinski definition) is 5. The molecule has 1 fully saturated rings. The summed E-state index contributed by atoms with van der Waals surface area (Å²) < 4.78 is 5.41. The zero-order valence-electron chi connectivity index (χ0n) is 15.1. The van der Waals surface area contributed by atoms with E-state index in [4.69, 9.17) is 4.74 Å². The molecule has 6 nitrogen and oxygen atoms in total. The van der Waals surface area contributed by atoms with E-state index in [2.05, 4.69) is 20.9 Å². The van der Waals surface area contributed by atoms with Crippen molar-refractivity contribution in [3.8, 4) is 5.75 Å². The van der Waals surface area contributed by atoms with Crippen molar-refractivity contribution in [1.82, 2.24) is 14.9 Å². The lowest BCUT2D eigenvalue weighted by molar-refractivity contribution is -0.133. The number of aryl methyl sites for hydroxylation is 1. The Bertz CT molecular complexity index is 787. The van der Waals surface area contributed by atoms with E-state index in [1.165, 1.54) is 5.56 Å². The highest BCUT2D eigenvalue weighted by Gasteiger charge is 2.32. The van der Waals surface area contributed by atoms with Crippen LogP contribution in [0.15, 0.2) is 36.8 Å². The molecule has 0 bridgehead atoms. The van der Waals surface area contributed by atoms with Crippen LogP contribution < -0.4 is 9.64 Å². The Labute approximate surface area is 153 Å². The first-order valence-corrected chi connectivity index (χ1v) is 9.23.